The summed E-state index contributed by atoms with van der Waals surface area (Å²) in [5, 5.41) is 13.9. The number of thiophene rings is 1. The predicted molar refractivity (Wildman–Crippen MR) is 90.2 cm³/mol. The molecule has 0 saturated carbocycles. The van der Waals surface area contributed by atoms with Crippen LogP contribution in [0.1, 0.15) is 25.9 Å². The number of carbonyl (C=O) groups excluding carboxylic acids is 1. The van der Waals surface area contributed by atoms with E-state index in [-0.39, 0.29) is 11.6 Å². The summed E-state index contributed by atoms with van der Waals surface area (Å²) in [6, 6.07) is 9.17. The van der Waals surface area contributed by atoms with E-state index < -0.39 is 5.97 Å². The number of anilines is 1. The Labute approximate surface area is 140 Å². The van der Waals surface area contributed by atoms with Crippen molar-refractivity contribution in [1.82, 2.24) is 14.7 Å². The van der Waals surface area contributed by atoms with E-state index in [0.29, 0.717) is 35.9 Å². The number of rotatable bonds is 2. The molecule has 7 nitrogen and oxygen atoms in total. The van der Waals surface area contributed by atoms with Gasteiger partial charge in [0, 0.05) is 16.6 Å². The van der Waals surface area contributed by atoms with E-state index in [1.54, 1.807) is 9.58 Å². The number of carbonyl (C=O) groups is 2. The van der Waals surface area contributed by atoms with E-state index in [1.807, 2.05) is 24.3 Å². The van der Waals surface area contributed by atoms with E-state index in [9.17, 15) is 9.59 Å². The highest BCUT2D eigenvalue weighted by Crippen LogP contribution is 2.34. The van der Waals surface area contributed by atoms with Gasteiger partial charge in [-0.1, -0.05) is 18.2 Å². The average molecular weight is 342 g/mol. The number of amides is 1. The third kappa shape index (κ3) is 2.23. The van der Waals surface area contributed by atoms with E-state index in [1.165, 1.54) is 17.4 Å². The number of benzene rings is 1. The number of fused-ring (bicyclic) bond motifs is 2. The number of hydrogen-bond donors (Lipinski definition) is 2. The molecule has 3 aromatic rings. The molecule has 0 atom stereocenters. The van der Waals surface area contributed by atoms with Crippen LogP contribution in [0.2, 0.25) is 0 Å². The van der Waals surface area contributed by atoms with Crippen LogP contribution in [0.25, 0.3) is 10.1 Å². The van der Waals surface area contributed by atoms with Gasteiger partial charge in [-0.2, -0.15) is 5.10 Å². The maximum absolute atomic E-state index is 12.9. The Kier molecular flexibility index (Phi) is 3.27. The molecule has 8 heteroatoms. The number of aromatic nitrogens is 2. The predicted octanol–water partition coefficient (Wildman–Crippen LogP) is 2.03. The van der Waals surface area contributed by atoms with Crippen LogP contribution in [0.15, 0.2) is 30.3 Å². The van der Waals surface area contributed by atoms with Gasteiger partial charge in [-0.05, 0) is 12.1 Å². The first-order chi connectivity index (χ1) is 11.5. The molecule has 1 aliphatic heterocycles. The molecular formula is C16H14N4O3S. The lowest BCUT2D eigenvalue weighted by molar-refractivity contribution is 0.0681. The summed E-state index contributed by atoms with van der Waals surface area (Å²) in [7, 11) is 0. The fraction of sp³-hybridized carbons (Fsp3) is 0.188. The summed E-state index contributed by atoms with van der Waals surface area (Å²) in [5.74, 6) is -1.19. The number of aromatic carboxylic acids is 1. The zero-order valence-electron chi connectivity index (χ0n) is 12.6. The Morgan fingerprint density at radius 1 is 1.25 bits per heavy atom. The van der Waals surface area contributed by atoms with Gasteiger partial charge in [-0.3, -0.25) is 9.48 Å². The molecule has 0 bridgehead atoms. The molecule has 0 saturated heterocycles. The van der Waals surface area contributed by atoms with Gasteiger partial charge in [0.2, 0.25) is 0 Å². The molecule has 0 fully saturated rings. The molecule has 3 N–H and O–H groups in total. The molecule has 0 spiro atoms. The summed E-state index contributed by atoms with van der Waals surface area (Å²) in [6.07, 6.45) is 0. The molecule has 3 heterocycles. The molecule has 4 rings (SSSR count). The van der Waals surface area contributed by atoms with Crippen molar-refractivity contribution in [2.75, 3.05) is 12.3 Å². The summed E-state index contributed by atoms with van der Waals surface area (Å²) >= 11 is 1.38. The highest BCUT2D eigenvalue weighted by atomic mass is 32.1. The smallest absolute Gasteiger partial charge is 0.356 e. The first kappa shape index (κ1) is 14.7. The Morgan fingerprint density at radius 2 is 2.04 bits per heavy atom. The van der Waals surface area contributed by atoms with E-state index in [0.717, 1.165) is 10.1 Å². The van der Waals surface area contributed by atoms with Crippen LogP contribution >= 0.6 is 11.3 Å². The van der Waals surface area contributed by atoms with Crippen molar-refractivity contribution in [3.63, 3.8) is 0 Å². The van der Waals surface area contributed by atoms with Gasteiger partial charge < -0.3 is 15.7 Å². The summed E-state index contributed by atoms with van der Waals surface area (Å²) in [6.45, 7) is 1.27. The summed E-state index contributed by atoms with van der Waals surface area (Å²) in [4.78, 5) is 26.1. The molecule has 0 aliphatic carbocycles. The van der Waals surface area contributed by atoms with Gasteiger partial charge in [0.15, 0.2) is 5.69 Å². The standard InChI is InChI=1S/C16H14N4O3S/c17-13-10-3-1-2-4-12(10)24-14(13)15(21)19-5-6-20-9(8-19)7-11(18-20)16(22)23/h1-4,7H,5-6,8,17H2,(H,22,23). The number of nitrogens with zero attached hydrogens (tertiary/aromatic N) is 3. The average Bonchev–Trinajstić information content (AvgIpc) is 3.15. The maximum atomic E-state index is 12.9. The lowest BCUT2D eigenvalue weighted by Crippen LogP contribution is -2.38. The molecule has 1 aromatic carbocycles. The van der Waals surface area contributed by atoms with Crippen LogP contribution in [0.5, 0.6) is 0 Å². The van der Waals surface area contributed by atoms with E-state index >= 15 is 0 Å². The summed E-state index contributed by atoms with van der Waals surface area (Å²) in [5.41, 5.74) is 7.37. The van der Waals surface area contributed by atoms with Crippen LogP contribution < -0.4 is 5.73 Å². The van der Waals surface area contributed by atoms with Gasteiger partial charge >= 0.3 is 5.97 Å². The Bertz CT molecular complexity index is 975. The molecule has 2 aromatic heterocycles. The number of nitrogens with two attached hydrogens (primary N) is 1. The molecule has 24 heavy (non-hydrogen) atoms. The first-order valence-electron chi connectivity index (χ1n) is 7.41. The number of carboxylic acids is 1. The number of nitrogen functional groups attached to an aromatic ring is 1. The molecule has 0 radical (unpaired) electrons. The van der Waals surface area contributed by atoms with Crippen molar-refractivity contribution < 1.29 is 14.7 Å². The van der Waals surface area contributed by atoms with Crippen molar-refractivity contribution in [2.45, 2.75) is 13.1 Å². The second-order valence-electron chi connectivity index (χ2n) is 5.62. The normalized spacial score (nSPS) is 13.9. The lowest BCUT2D eigenvalue weighted by Gasteiger charge is -2.27. The van der Waals surface area contributed by atoms with Crippen molar-refractivity contribution in [3.05, 3.63) is 46.6 Å². The molecule has 122 valence electrons. The van der Waals surface area contributed by atoms with Crippen LogP contribution in [0, 0.1) is 0 Å². The maximum Gasteiger partial charge on any atom is 0.356 e. The van der Waals surface area contributed by atoms with Crippen molar-refractivity contribution in [1.29, 1.82) is 0 Å². The Balaban J connectivity index is 1.65. The molecular weight excluding hydrogens is 328 g/mol. The van der Waals surface area contributed by atoms with Crippen LogP contribution in [-0.2, 0) is 13.1 Å². The zero-order valence-corrected chi connectivity index (χ0v) is 13.4. The monoisotopic (exact) mass is 342 g/mol. The van der Waals surface area contributed by atoms with Gasteiger partial charge in [0.1, 0.15) is 4.88 Å². The number of carboxylic acid groups (broad SMARTS) is 1. The lowest BCUT2D eigenvalue weighted by atomic mass is 10.2. The fourth-order valence-electron chi connectivity index (χ4n) is 2.91. The Morgan fingerprint density at radius 3 is 2.79 bits per heavy atom. The van der Waals surface area contributed by atoms with E-state index in [4.69, 9.17) is 10.8 Å². The quantitative estimate of drug-likeness (QED) is 0.742. The number of hydrogen-bond acceptors (Lipinski definition) is 5. The summed E-state index contributed by atoms with van der Waals surface area (Å²) < 4.78 is 2.62. The minimum atomic E-state index is -1.07. The zero-order chi connectivity index (χ0) is 16.8. The second kappa shape index (κ2) is 5.34. The van der Waals surface area contributed by atoms with Gasteiger partial charge in [-0.15, -0.1) is 11.3 Å². The van der Waals surface area contributed by atoms with Crippen LogP contribution in [0.4, 0.5) is 5.69 Å². The molecule has 0 unspecified atom stereocenters. The van der Waals surface area contributed by atoms with Crippen molar-refractivity contribution >= 4 is 39.0 Å². The fourth-order valence-corrected chi connectivity index (χ4v) is 4.00. The second-order valence-corrected chi connectivity index (χ2v) is 6.67. The third-order valence-electron chi connectivity index (χ3n) is 4.13. The van der Waals surface area contributed by atoms with Gasteiger partial charge in [0.05, 0.1) is 24.5 Å². The first-order valence-corrected chi connectivity index (χ1v) is 8.22. The minimum absolute atomic E-state index is 0.000625. The van der Waals surface area contributed by atoms with Crippen LogP contribution in [0.3, 0.4) is 0 Å². The topological polar surface area (TPSA) is 101 Å². The van der Waals surface area contributed by atoms with Crippen LogP contribution in [-0.4, -0.2) is 38.2 Å². The Hall–Kier alpha value is -2.87. The van der Waals surface area contributed by atoms with Crippen molar-refractivity contribution in [3.8, 4) is 0 Å². The highest BCUT2D eigenvalue weighted by Gasteiger charge is 2.27. The SMILES string of the molecule is Nc1c(C(=O)N2CCn3nc(C(=O)O)cc3C2)sc2ccccc12. The van der Waals surface area contributed by atoms with Crippen molar-refractivity contribution in [2.24, 2.45) is 0 Å². The molecule has 1 aliphatic rings. The van der Waals surface area contributed by atoms with Gasteiger partial charge in [0.25, 0.3) is 5.91 Å². The minimum Gasteiger partial charge on any atom is -0.476 e. The third-order valence-corrected chi connectivity index (χ3v) is 5.31. The highest BCUT2D eigenvalue weighted by molar-refractivity contribution is 7.21. The van der Waals surface area contributed by atoms with E-state index in [2.05, 4.69) is 5.10 Å². The largest absolute Gasteiger partial charge is 0.476 e. The molecule has 1 amide bonds. The van der Waals surface area contributed by atoms with Gasteiger partial charge in [-0.25, -0.2) is 4.79 Å².